The molecule has 3 amide bonds. The van der Waals surface area contributed by atoms with E-state index in [0.717, 1.165) is 17.7 Å². The molecule has 3 aromatic rings. The first kappa shape index (κ1) is 24.0. The highest BCUT2D eigenvalue weighted by Crippen LogP contribution is 2.41. The van der Waals surface area contributed by atoms with E-state index in [-0.39, 0.29) is 47.2 Å². The first-order valence-corrected chi connectivity index (χ1v) is 11.8. The summed E-state index contributed by atoms with van der Waals surface area (Å²) < 4.78 is 26.2. The lowest BCUT2D eigenvalue weighted by atomic mass is 9.97. The van der Waals surface area contributed by atoms with Crippen LogP contribution in [0.25, 0.3) is 21.9 Å². The van der Waals surface area contributed by atoms with Crippen molar-refractivity contribution >= 4 is 46.0 Å². The van der Waals surface area contributed by atoms with Crippen molar-refractivity contribution in [1.29, 1.82) is 0 Å². The number of amides is 3. The molecule has 2 aliphatic heterocycles. The molecule has 188 valence electrons. The first-order chi connectivity index (χ1) is 17.3. The molecule has 0 aliphatic carbocycles. The van der Waals surface area contributed by atoms with E-state index in [1.54, 1.807) is 19.1 Å². The number of aromatic nitrogens is 2. The number of pyridine rings is 2. The number of anilines is 2. The van der Waals surface area contributed by atoms with Crippen molar-refractivity contribution in [2.45, 2.75) is 25.8 Å². The smallest absolute Gasteiger partial charge is 0.412 e. The third-order valence-electron chi connectivity index (χ3n) is 6.32. The Bertz CT molecular complexity index is 1360. The van der Waals surface area contributed by atoms with Crippen LogP contribution >= 0.6 is 11.6 Å². The van der Waals surface area contributed by atoms with Gasteiger partial charge in [0.25, 0.3) is 0 Å². The molecule has 2 aliphatic rings. The van der Waals surface area contributed by atoms with Crippen LogP contribution in [0.3, 0.4) is 0 Å². The van der Waals surface area contributed by atoms with E-state index in [1.807, 2.05) is 0 Å². The Balaban J connectivity index is 1.50. The molecule has 12 heteroatoms. The number of carbonyl (C=O) groups excluding carboxylic acids is 1. The molecule has 4 heterocycles. The number of urea groups is 1. The fraction of sp³-hybridized carbons (Fsp3) is 0.333. The molecule has 1 saturated heterocycles. The molecular weight excluding hydrogens is 493 g/mol. The lowest BCUT2D eigenvalue weighted by molar-refractivity contribution is 0.0806. The number of carboxylic acid groups (broad SMARTS) is 1. The summed E-state index contributed by atoms with van der Waals surface area (Å²) in [6.07, 6.45) is 3.14. The Morgan fingerprint density at radius 3 is 2.69 bits per heavy atom. The van der Waals surface area contributed by atoms with E-state index in [9.17, 15) is 14.7 Å². The molecule has 0 saturated carbocycles. The van der Waals surface area contributed by atoms with Gasteiger partial charge in [-0.05, 0) is 42.8 Å². The summed E-state index contributed by atoms with van der Waals surface area (Å²) in [5.74, 6) is -0.248. The number of carbonyl (C=O) groups is 2. The van der Waals surface area contributed by atoms with Gasteiger partial charge in [0.15, 0.2) is 0 Å². The van der Waals surface area contributed by atoms with E-state index in [0.29, 0.717) is 35.1 Å². The second kappa shape index (κ2) is 9.75. The lowest BCUT2D eigenvalue weighted by Gasteiger charge is -2.28. The molecular formula is C24H23ClFN5O5. The van der Waals surface area contributed by atoms with Crippen molar-refractivity contribution in [3.63, 3.8) is 0 Å². The highest BCUT2D eigenvalue weighted by atomic mass is 35.5. The van der Waals surface area contributed by atoms with Gasteiger partial charge in [0, 0.05) is 48.2 Å². The van der Waals surface area contributed by atoms with Gasteiger partial charge in [-0.1, -0.05) is 11.6 Å². The summed E-state index contributed by atoms with van der Waals surface area (Å²) in [7, 11) is 0. The minimum absolute atomic E-state index is 0.0168. The van der Waals surface area contributed by atoms with E-state index in [1.165, 1.54) is 12.4 Å². The van der Waals surface area contributed by atoms with Gasteiger partial charge in [0.1, 0.15) is 23.9 Å². The third-order valence-corrected chi connectivity index (χ3v) is 6.69. The normalized spacial score (nSPS) is 15.8. The molecule has 0 spiro atoms. The van der Waals surface area contributed by atoms with E-state index in [4.69, 9.17) is 21.1 Å². The van der Waals surface area contributed by atoms with Crippen LogP contribution in [0.1, 0.15) is 18.4 Å². The van der Waals surface area contributed by atoms with Crippen molar-refractivity contribution in [1.82, 2.24) is 15.3 Å². The largest absolute Gasteiger partial charge is 0.474 e. The summed E-state index contributed by atoms with van der Waals surface area (Å²) in [6, 6.07) is 2.79. The lowest BCUT2D eigenvalue weighted by Crippen LogP contribution is -2.41. The summed E-state index contributed by atoms with van der Waals surface area (Å²) in [6.45, 7) is 3.18. The zero-order chi connectivity index (χ0) is 25.4. The minimum Gasteiger partial charge on any atom is -0.474 e. The zero-order valence-electron chi connectivity index (χ0n) is 19.3. The monoisotopic (exact) mass is 515 g/mol. The van der Waals surface area contributed by atoms with Gasteiger partial charge in [-0.25, -0.2) is 23.9 Å². The average Bonchev–Trinajstić information content (AvgIpc) is 2.87. The van der Waals surface area contributed by atoms with Gasteiger partial charge in [-0.15, -0.1) is 0 Å². The van der Waals surface area contributed by atoms with Gasteiger partial charge in [0.05, 0.1) is 11.6 Å². The van der Waals surface area contributed by atoms with Gasteiger partial charge < -0.3 is 19.9 Å². The number of rotatable bonds is 3. The van der Waals surface area contributed by atoms with Gasteiger partial charge in [-0.2, -0.15) is 0 Å². The van der Waals surface area contributed by atoms with Crippen LogP contribution in [-0.4, -0.2) is 59.6 Å². The molecule has 1 fully saturated rings. The number of nitrogens with zero attached hydrogens (tertiary/aromatic N) is 3. The standard InChI is InChI=1S/C24H23ClFN5O5/c1-12-16(10-28-22-21(12)31(24(33)34)4-7-36-22)15-8-13-9-18(27-11-17(13)19(25)20(15)26)30-23(32)29-14-2-5-35-6-3-14/h8-11,14H,2-7H2,1H3,(H,33,34)(H2,27,29,30,32). The summed E-state index contributed by atoms with van der Waals surface area (Å²) in [5.41, 5.74) is 1.26. The van der Waals surface area contributed by atoms with Crippen molar-refractivity contribution in [2.75, 3.05) is 36.6 Å². The molecule has 10 nitrogen and oxygen atoms in total. The quantitative estimate of drug-likeness (QED) is 0.466. The molecule has 0 unspecified atom stereocenters. The second-order valence-corrected chi connectivity index (χ2v) is 8.94. The number of halogens is 2. The van der Waals surface area contributed by atoms with Crippen LogP contribution in [0.5, 0.6) is 5.88 Å². The fourth-order valence-electron chi connectivity index (χ4n) is 4.47. The van der Waals surface area contributed by atoms with Crippen LogP contribution in [0.2, 0.25) is 5.02 Å². The van der Waals surface area contributed by atoms with E-state index in [2.05, 4.69) is 20.6 Å². The van der Waals surface area contributed by atoms with Crippen molar-refractivity contribution in [3.05, 3.63) is 40.9 Å². The number of nitrogens with one attached hydrogen (secondary N) is 2. The fourth-order valence-corrected chi connectivity index (χ4v) is 4.73. The maximum Gasteiger partial charge on any atom is 0.412 e. The maximum absolute atomic E-state index is 15.4. The Morgan fingerprint density at radius 2 is 1.94 bits per heavy atom. The van der Waals surface area contributed by atoms with Crippen LogP contribution in [0.4, 0.5) is 25.5 Å². The third kappa shape index (κ3) is 4.47. The molecule has 0 atom stereocenters. The number of hydrogen-bond acceptors (Lipinski definition) is 6. The Kier molecular flexibility index (Phi) is 6.50. The highest BCUT2D eigenvalue weighted by Gasteiger charge is 2.29. The predicted octanol–water partition coefficient (Wildman–Crippen LogP) is 4.58. The first-order valence-electron chi connectivity index (χ1n) is 11.4. The van der Waals surface area contributed by atoms with Crippen LogP contribution in [0.15, 0.2) is 24.5 Å². The van der Waals surface area contributed by atoms with E-state index < -0.39 is 17.9 Å². The number of hydrogen-bond donors (Lipinski definition) is 3. The van der Waals surface area contributed by atoms with Crippen LogP contribution in [-0.2, 0) is 4.74 Å². The number of benzene rings is 1. The molecule has 0 radical (unpaired) electrons. The minimum atomic E-state index is -1.15. The molecule has 1 aromatic carbocycles. The van der Waals surface area contributed by atoms with Crippen molar-refractivity contribution in [2.24, 2.45) is 0 Å². The number of ether oxygens (including phenoxy) is 2. The van der Waals surface area contributed by atoms with E-state index >= 15 is 4.39 Å². The Hall–Kier alpha value is -3.70. The molecule has 5 rings (SSSR count). The second-order valence-electron chi connectivity index (χ2n) is 8.56. The van der Waals surface area contributed by atoms with Gasteiger partial charge in [0.2, 0.25) is 5.88 Å². The maximum atomic E-state index is 15.4. The Morgan fingerprint density at radius 1 is 1.17 bits per heavy atom. The average molecular weight is 516 g/mol. The summed E-state index contributed by atoms with van der Waals surface area (Å²) >= 11 is 6.37. The molecule has 3 N–H and O–H groups in total. The van der Waals surface area contributed by atoms with Crippen LogP contribution in [0, 0.1) is 12.7 Å². The Labute approximate surface area is 210 Å². The SMILES string of the molecule is Cc1c(-c2cc3cc(NC(=O)NC4CCOCC4)ncc3c(Cl)c2F)cnc2c1N(C(=O)O)CCO2. The van der Waals surface area contributed by atoms with Gasteiger partial charge in [-0.3, -0.25) is 10.2 Å². The summed E-state index contributed by atoms with van der Waals surface area (Å²) in [4.78, 5) is 33.8. The molecule has 0 bridgehead atoms. The topological polar surface area (TPSA) is 126 Å². The number of fused-ring (bicyclic) bond motifs is 2. The van der Waals surface area contributed by atoms with Gasteiger partial charge >= 0.3 is 12.1 Å². The zero-order valence-corrected chi connectivity index (χ0v) is 20.1. The predicted molar refractivity (Wildman–Crippen MR) is 132 cm³/mol. The van der Waals surface area contributed by atoms with Crippen LogP contribution < -0.4 is 20.3 Å². The molecule has 36 heavy (non-hydrogen) atoms. The molecule has 2 aromatic heterocycles. The van der Waals surface area contributed by atoms with Crippen molar-refractivity contribution < 1.29 is 28.6 Å². The van der Waals surface area contributed by atoms with Crippen molar-refractivity contribution in [3.8, 4) is 17.0 Å². The summed E-state index contributed by atoms with van der Waals surface area (Å²) in [5, 5.41) is 16.0. The highest BCUT2D eigenvalue weighted by molar-refractivity contribution is 6.36.